The first-order valence-corrected chi connectivity index (χ1v) is 17.0. The standard InChI is InChI=1S/C38H60F2N2O/c1-9-27(2)12-15-30(20-24-41-8)35-33(25-28-13-16-31(17-14-28)37(5,6)39)32(29-18-22-38(7,40)23-19-29)11-10-21-36(3,4)26-34(43)42-35/h11,13-14,16-17,27,29-30,41H,9-10,12,15,18-26H2,1-8H3,(H,42,43)/b32-11+,35-33-. The van der Waals surface area contributed by atoms with Gasteiger partial charge >= 0.3 is 0 Å². The van der Waals surface area contributed by atoms with Crippen LogP contribution in [0.25, 0.3) is 0 Å². The van der Waals surface area contributed by atoms with Crippen LogP contribution >= 0.6 is 0 Å². The Morgan fingerprint density at radius 1 is 1.05 bits per heavy atom. The van der Waals surface area contributed by atoms with Crippen molar-refractivity contribution in [2.24, 2.45) is 23.2 Å². The summed E-state index contributed by atoms with van der Waals surface area (Å²) in [5.41, 5.74) is 2.73. The first-order valence-electron chi connectivity index (χ1n) is 17.0. The van der Waals surface area contributed by atoms with Gasteiger partial charge < -0.3 is 10.6 Å². The molecule has 5 heteroatoms. The number of alkyl halides is 2. The minimum Gasteiger partial charge on any atom is -0.329 e. The number of nitrogens with one attached hydrogen (secondary N) is 2. The topological polar surface area (TPSA) is 41.1 Å². The lowest BCUT2D eigenvalue weighted by atomic mass is 9.72. The third kappa shape index (κ3) is 10.8. The first kappa shape index (κ1) is 35.5. The van der Waals surface area contributed by atoms with Crippen molar-refractivity contribution in [2.45, 2.75) is 137 Å². The molecule has 0 saturated heterocycles. The number of hydrogen-bond acceptors (Lipinski definition) is 2. The van der Waals surface area contributed by atoms with Crippen LogP contribution in [0.15, 0.2) is 47.2 Å². The molecule has 1 amide bonds. The molecule has 1 aromatic carbocycles. The molecule has 0 aromatic heterocycles. The van der Waals surface area contributed by atoms with Crippen molar-refractivity contribution in [1.29, 1.82) is 0 Å². The van der Waals surface area contributed by atoms with Crippen LogP contribution in [-0.4, -0.2) is 25.2 Å². The van der Waals surface area contributed by atoms with E-state index in [2.05, 4.69) is 44.4 Å². The van der Waals surface area contributed by atoms with Crippen molar-refractivity contribution < 1.29 is 13.6 Å². The average molecular weight is 599 g/mol. The van der Waals surface area contributed by atoms with Gasteiger partial charge in [0, 0.05) is 18.0 Å². The van der Waals surface area contributed by atoms with Crippen LogP contribution in [0.1, 0.15) is 130 Å². The average Bonchev–Trinajstić information content (AvgIpc) is 2.93. The summed E-state index contributed by atoms with van der Waals surface area (Å²) in [4.78, 5) is 13.7. The molecule has 0 spiro atoms. The maximum atomic E-state index is 15.0. The highest BCUT2D eigenvalue weighted by Crippen LogP contribution is 2.43. The van der Waals surface area contributed by atoms with E-state index in [1.807, 2.05) is 31.3 Å². The van der Waals surface area contributed by atoms with Gasteiger partial charge in [-0.2, -0.15) is 0 Å². The second-order valence-electron chi connectivity index (χ2n) is 15.2. The van der Waals surface area contributed by atoms with Crippen molar-refractivity contribution >= 4 is 5.91 Å². The molecule has 1 heterocycles. The van der Waals surface area contributed by atoms with Gasteiger partial charge in [-0.3, -0.25) is 4.79 Å². The maximum Gasteiger partial charge on any atom is 0.224 e. The molecule has 242 valence electrons. The Kier molecular flexibility index (Phi) is 12.6. The van der Waals surface area contributed by atoms with Crippen LogP contribution in [0.5, 0.6) is 0 Å². The van der Waals surface area contributed by atoms with Crippen molar-refractivity contribution in [3.63, 3.8) is 0 Å². The summed E-state index contributed by atoms with van der Waals surface area (Å²) in [5, 5.41) is 6.88. The Balaban J connectivity index is 2.20. The highest BCUT2D eigenvalue weighted by atomic mass is 19.1. The van der Waals surface area contributed by atoms with E-state index in [4.69, 9.17) is 0 Å². The zero-order chi connectivity index (χ0) is 31.8. The second-order valence-corrected chi connectivity index (χ2v) is 15.2. The Labute approximate surface area is 261 Å². The fourth-order valence-corrected chi connectivity index (χ4v) is 6.84. The summed E-state index contributed by atoms with van der Waals surface area (Å²) in [7, 11) is 1.99. The van der Waals surface area contributed by atoms with E-state index < -0.39 is 11.3 Å². The molecule has 2 aliphatic rings. The molecular weight excluding hydrogens is 538 g/mol. The van der Waals surface area contributed by atoms with E-state index in [1.165, 1.54) is 11.1 Å². The van der Waals surface area contributed by atoms with E-state index >= 15 is 4.39 Å². The van der Waals surface area contributed by atoms with Crippen LogP contribution < -0.4 is 10.6 Å². The van der Waals surface area contributed by atoms with Crippen molar-refractivity contribution in [3.05, 3.63) is 58.3 Å². The highest BCUT2D eigenvalue weighted by molar-refractivity contribution is 5.79. The van der Waals surface area contributed by atoms with Gasteiger partial charge in [0.2, 0.25) is 5.91 Å². The number of benzene rings is 1. The summed E-state index contributed by atoms with van der Waals surface area (Å²) in [6.07, 6.45) is 12.4. The Morgan fingerprint density at radius 2 is 1.70 bits per heavy atom. The lowest BCUT2D eigenvalue weighted by Crippen LogP contribution is -2.35. The van der Waals surface area contributed by atoms with Crippen LogP contribution in [0.2, 0.25) is 0 Å². The molecule has 0 bridgehead atoms. The van der Waals surface area contributed by atoms with Gasteiger partial charge in [-0.05, 0) is 132 Å². The van der Waals surface area contributed by atoms with E-state index in [0.717, 1.165) is 69.2 Å². The number of halogens is 2. The van der Waals surface area contributed by atoms with Gasteiger partial charge in [-0.1, -0.05) is 70.9 Å². The number of hydrogen-bond donors (Lipinski definition) is 2. The van der Waals surface area contributed by atoms with Gasteiger partial charge in [0.15, 0.2) is 0 Å². The Morgan fingerprint density at radius 3 is 2.28 bits per heavy atom. The minimum absolute atomic E-state index is 0.0891. The van der Waals surface area contributed by atoms with Crippen molar-refractivity contribution in [2.75, 3.05) is 13.6 Å². The first-order chi connectivity index (χ1) is 20.1. The molecule has 1 saturated carbocycles. The largest absolute Gasteiger partial charge is 0.329 e. The fourth-order valence-electron chi connectivity index (χ4n) is 6.84. The molecule has 3 nitrogen and oxygen atoms in total. The number of carbonyl (C=O) groups is 1. The predicted octanol–water partition coefficient (Wildman–Crippen LogP) is 9.91. The maximum absolute atomic E-state index is 15.0. The molecule has 1 aliphatic carbocycles. The van der Waals surface area contributed by atoms with Crippen molar-refractivity contribution in [3.8, 4) is 0 Å². The smallest absolute Gasteiger partial charge is 0.224 e. The summed E-state index contributed by atoms with van der Waals surface area (Å²) in [6, 6.07) is 7.89. The number of amides is 1. The van der Waals surface area contributed by atoms with E-state index in [0.29, 0.717) is 37.2 Å². The Bertz CT molecular complexity index is 1100. The van der Waals surface area contributed by atoms with Gasteiger partial charge in [-0.15, -0.1) is 0 Å². The molecule has 0 radical (unpaired) electrons. The molecule has 3 rings (SSSR count). The molecule has 1 fully saturated rings. The summed E-state index contributed by atoms with van der Waals surface area (Å²) < 4.78 is 29.8. The van der Waals surface area contributed by atoms with Gasteiger partial charge in [0.25, 0.3) is 0 Å². The quantitative estimate of drug-likeness (QED) is 0.251. The molecule has 2 atom stereocenters. The summed E-state index contributed by atoms with van der Waals surface area (Å²) in [5.74, 6) is 1.16. The molecule has 43 heavy (non-hydrogen) atoms. The number of allylic oxidation sites excluding steroid dienone is 4. The fraction of sp³-hybridized carbons (Fsp3) is 0.711. The third-order valence-corrected chi connectivity index (χ3v) is 10.1. The Hall–Kier alpha value is -2.01. The molecular formula is C38H60F2N2O. The number of carbonyl (C=O) groups excluding carboxylic acids is 1. The van der Waals surface area contributed by atoms with Crippen LogP contribution in [0.3, 0.4) is 0 Å². The van der Waals surface area contributed by atoms with E-state index in [1.54, 1.807) is 20.8 Å². The van der Waals surface area contributed by atoms with Crippen LogP contribution in [-0.2, 0) is 16.9 Å². The minimum atomic E-state index is -1.40. The zero-order valence-corrected chi connectivity index (χ0v) is 28.5. The SMILES string of the molecule is CCC(C)CCC(CCNC)/C1=C(Cc2ccc(C(C)(C)F)cc2)/C(C2CCC(C)(F)CC2)=C/CCC(C)(C)CC(=O)N1. The van der Waals surface area contributed by atoms with Gasteiger partial charge in [0.1, 0.15) is 11.3 Å². The zero-order valence-electron chi connectivity index (χ0n) is 28.5. The summed E-state index contributed by atoms with van der Waals surface area (Å²) >= 11 is 0. The molecule has 2 N–H and O–H groups in total. The van der Waals surface area contributed by atoms with Gasteiger partial charge in [0.05, 0.1) is 0 Å². The summed E-state index contributed by atoms with van der Waals surface area (Å²) in [6.45, 7) is 14.7. The van der Waals surface area contributed by atoms with E-state index in [9.17, 15) is 9.18 Å². The highest BCUT2D eigenvalue weighted by Gasteiger charge is 2.35. The van der Waals surface area contributed by atoms with Crippen LogP contribution in [0, 0.1) is 23.2 Å². The van der Waals surface area contributed by atoms with Gasteiger partial charge in [-0.25, -0.2) is 8.78 Å². The van der Waals surface area contributed by atoms with Crippen molar-refractivity contribution in [1.82, 2.24) is 10.6 Å². The molecule has 1 aromatic rings. The second kappa shape index (κ2) is 15.3. The monoisotopic (exact) mass is 598 g/mol. The number of rotatable bonds is 12. The normalized spacial score (nSPS) is 28.0. The lowest BCUT2D eigenvalue weighted by Gasteiger charge is -2.36. The third-order valence-electron chi connectivity index (χ3n) is 10.1. The predicted molar refractivity (Wildman–Crippen MR) is 177 cm³/mol. The molecule has 1 aliphatic heterocycles. The molecule has 2 unspecified atom stereocenters. The van der Waals surface area contributed by atoms with Crippen LogP contribution in [0.4, 0.5) is 8.78 Å². The van der Waals surface area contributed by atoms with E-state index in [-0.39, 0.29) is 23.2 Å². The lowest BCUT2D eigenvalue weighted by molar-refractivity contribution is -0.122.